The van der Waals surface area contributed by atoms with E-state index in [2.05, 4.69) is 10.6 Å². The van der Waals surface area contributed by atoms with Gasteiger partial charge in [-0.1, -0.05) is 29.8 Å². The van der Waals surface area contributed by atoms with Crippen LogP contribution in [0.3, 0.4) is 0 Å². The van der Waals surface area contributed by atoms with Crippen molar-refractivity contribution in [3.8, 4) is 23.0 Å². The molecular weight excluding hydrogens is 550 g/mol. The van der Waals surface area contributed by atoms with Gasteiger partial charge in [-0.3, -0.25) is 14.4 Å². The topological polar surface area (TPSA) is 115 Å². The fraction of sp³-hybridized carbons (Fsp3) is 0.300. The quantitative estimate of drug-likeness (QED) is 0.488. The Hall–Kier alpha value is -4.44. The lowest BCUT2D eigenvalue weighted by Gasteiger charge is -2.22. The van der Waals surface area contributed by atoms with Gasteiger partial charge < -0.3 is 34.5 Å². The minimum absolute atomic E-state index is 0.113. The Balaban J connectivity index is 1.45. The second-order valence-corrected chi connectivity index (χ2v) is 10.2. The minimum Gasteiger partial charge on any atom is -0.493 e. The van der Waals surface area contributed by atoms with E-state index in [0.717, 1.165) is 11.1 Å². The summed E-state index contributed by atoms with van der Waals surface area (Å²) < 4.78 is 23.0. The van der Waals surface area contributed by atoms with E-state index in [1.165, 1.54) is 20.3 Å². The number of nitrogens with zero attached hydrogens (tertiary/aromatic N) is 1. The lowest BCUT2D eigenvalue weighted by Crippen LogP contribution is -2.45. The van der Waals surface area contributed by atoms with Crippen LogP contribution in [0.2, 0.25) is 5.02 Å². The Morgan fingerprint density at radius 1 is 1.00 bits per heavy atom. The third-order valence-corrected chi connectivity index (χ3v) is 7.20. The fourth-order valence-corrected chi connectivity index (χ4v) is 5.04. The van der Waals surface area contributed by atoms with Crippen molar-refractivity contribution in [1.82, 2.24) is 15.5 Å². The monoisotopic (exact) mass is 579 g/mol. The van der Waals surface area contributed by atoms with Gasteiger partial charge in [0.1, 0.15) is 6.10 Å². The first-order valence-corrected chi connectivity index (χ1v) is 13.4. The number of nitrogens with one attached hydrogen (secondary N) is 2. The molecule has 3 aliphatic heterocycles. The molecule has 3 amide bonds. The zero-order chi connectivity index (χ0) is 28.9. The van der Waals surface area contributed by atoms with Gasteiger partial charge in [0.2, 0.25) is 5.91 Å². The van der Waals surface area contributed by atoms with Crippen molar-refractivity contribution in [2.24, 2.45) is 0 Å². The SMILES string of the molecule is COc1ccc2cc1OCC(=O)NCc1ccc(c(OC)c1)O[C@H]1CN(C(=O)Cc3cccc(Cl)c3)C[C@@H]1NC2=O. The Morgan fingerprint density at radius 2 is 1.83 bits per heavy atom. The van der Waals surface area contributed by atoms with Gasteiger partial charge in [0.15, 0.2) is 29.6 Å². The number of methoxy groups -OCH3 is 2. The third kappa shape index (κ3) is 6.66. The highest BCUT2D eigenvalue weighted by Gasteiger charge is 2.38. The molecular formula is C30H30ClN3O7. The summed E-state index contributed by atoms with van der Waals surface area (Å²) in [7, 11) is 3.00. The van der Waals surface area contributed by atoms with Crippen LogP contribution in [0.5, 0.6) is 23.0 Å². The lowest BCUT2D eigenvalue weighted by atomic mass is 10.1. The molecule has 41 heavy (non-hydrogen) atoms. The summed E-state index contributed by atoms with van der Waals surface area (Å²) in [5, 5.41) is 6.38. The molecule has 6 rings (SSSR count). The number of halogens is 1. The number of rotatable bonds is 4. The maximum atomic E-state index is 13.4. The maximum absolute atomic E-state index is 13.4. The summed E-state index contributed by atoms with van der Waals surface area (Å²) in [4.78, 5) is 40.8. The number of carbonyl (C=O) groups excluding carboxylic acids is 3. The summed E-state index contributed by atoms with van der Waals surface area (Å²) in [6, 6.07) is 16.7. The highest BCUT2D eigenvalue weighted by Crippen LogP contribution is 2.32. The first-order chi connectivity index (χ1) is 19.8. The van der Waals surface area contributed by atoms with Gasteiger partial charge in [-0.2, -0.15) is 0 Å². The molecule has 3 aliphatic rings. The Bertz CT molecular complexity index is 1460. The molecule has 0 saturated carbocycles. The van der Waals surface area contributed by atoms with Crippen LogP contribution in [0.1, 0.15) is 21.5 Å². The van der Waals surface area contributed by atoms with E-state index in [0.29, 0.717) is 27.8 Å². The van der Waals surface area contributed by atoms with Crippen LogP contribution in [-0.2, 0) is 22.6 Å². The summed E-state index contributed by atoms with van der Waals surface area (Å²) in [5.74, 6) is 0.699. The Labute approximate surface area is 242 Å². The van der Waals surface area contributed by atoms with Crippen molar-refractivity contribution >= 4 is 29.3 Å². The normalized spacial score (nSPS) is 18.8. The second kappa shape index (κ2) is 12.4. The van der Waals surface area contributed by atoms with E-state index in [1.54, 1.807) is 47.4 Å². The molecule has 2 N–H and O–H groups in total. The maximum Gasteiger partial charge on any atom is 0.258 e. The van der Waals surface area contributed by atoms with E-state index in [4.69, 9.17) is 30.5 Å². The molecule has 4 bridgehead atoms. The zero-order valence-corrected chi connectivity index (χ0v) is 23.4. The number of amides is 3. The van der Waals surface area contributed by atoms with Gasteiger partial charge in [-0.25, -0.2) is 0 Å². The van der Waals surface area contributed by atoms with Gasteiger partial charge in [0.05, 0.1) is 33.2 Å². The van der Waals surface area contributed by atoms with E-state index >= 15 is 0 Å². The summed E-state index contributed by atoms with van der Waals surface area (Å²) >= 11 is 6.11. The molecule has 3 aromatic rings. The third-order valence-electron chi connectivity index (χ3n) is 6.96. The van der Waals surface area contributed by atoms with Crippen LogP contribution >= 0.6 is 11.6 Å². The molecule has 1 saturated heterocycles. The highest BCUT2D eigenvalue weighted by atomic mass is 35.5. The molecule has 214 valence electrons. The summed E-state index contributed by atoms with van der Waals surface area (Å²) in [5.41, 5.74) is 1.89. The van der Waals surface area contributed by atoms with Crippen molar-refractivity contribution in [3.63, 3.8) is 0 Å². The van der Waals surface area contributed by atoms with Crippen molar-refractivity contribution in [2.45, 2.75) is 25.1 Å². The number of carbonyl (C=O) groups is 3. The average Bonchev–Trinajstić information content (AvgIpc) is 3.36. The minimum atomic E-state index is -0.564. The first kappa shape index (κ1) is 28.1. The average molecular weight is 580 g/mol. The number of hydrogen-bond acceptors (Lipinski definition) is 7. The van der Waals surface area contributed by atoms with Crippen molar-refractivity contribution < 1.29 is 33.3 Å². The number of likely N-dealkylation sites (tertiary alicyclic amines) is 1. The van der Waals surface area contributed by atoms with Crippen molar-refractivity contribution in [2.75, 3.05) is 33.9 Å². The first-order valence-electron chi connectivity index (χ1n) is 13.1. The zero-order valence-electron chi connectivity index (χ0n) is 22.6. The smallest absolute Gasteiger partial charge is 0.258 e. The predicted molar refractivity (Wildman–Crippen MR) is 151 cm³/mol. The Kier molecular flexibility index (Phi) is 8.49. The van der Waals surface area contributed by atoms with Crippen LogP contribution in [0.4, 0.5) is 0 Å². The highest BCUT2D eigenvalue weighted by molar-refractivity contribution is 6.30. The summed E-state index contributed by atoms with van der Waals surface area (Å²) in [6.45, 7) is 0.471. The van der Waals surface area contributed by atoms with Crippen LogP contribution in [0.25, 0.3) is 0 Å². The standard InChI is InChI=1S/C30H30ClN3O7/c1-38-23-9-7-20-13-26(23)40-17-28(35)32-14-19-6-8-24(25(11-19)39-2)41-27-16-34(15-22(27)33-30(20)37)29(36)12-18-4-3-5-21(31)10-18/h3-11,13,22,27H,12,14-17H2,1-2H3,(H,32,35)(H,33,37)/t22-,27-/m0/s1. The molecule has 0 spiro atoms. The van der Waals surface area contributed by atoms with Gasteiger partial charge >= 0.3 is 0 Å². The van der Waals surface area contributed by atoms with Gasteiger partial charge in [-0.05, 0) is 53.6 Å². The van der Waals surface area contributed by atoms with E-state index in [1.807, 2.05) is 12.1 Å². The molecule has 0 radical (unpaired) electrons. The molecule has 2 atom stereocenters. The number of ether oxygens (including phenoxy) is 4. The van der Waals surface area contributed by atoms with Crippen LogP contribution in [0.15, 0.2) is 60.7 Å². The molecule has 0 aromatic heterocycles. The molecule has 3 aromatic carbocycles. The van der Waals surface area contributed by atoms with Gasteiger partial charge in [0, 0.05) is 23.7 Å². The van der Waals surface area contributed by atoms with Gasteiger partial charge in [0.25, 0.3) is 11.8 Å². The fourth-order valence-electron chi connectivity index (χ4n) is 4.83. The largest absolute Gasteiger partial charge is 0.493 e. The van der Waals surface area contributed by atoms with Crippen LogP contribution in [-0.4, -0.2) is 68.7 Å². The van der Waals surface area contributed by atoms with Gasteiger partial charge in [-0.15, -0.1) is 0 Å². The van der Waals surface area contributed by atoms with E-state index in [-0.39, 0.29) is 50.2 Å². The van der Waals surface area contributed by atoms with Crippen molar-refractivity contribution in [1.29, 1.82) is 0 Å². The molecule has 10 nitrogen and oxygen atoms in total. The molecule has 0 unspecified atom stereocenters. The summed E-state index contributed by atoms with van der Waals surface area (Å²) in [6.07, 6.45) is -0.400. The molecule has 0 aliphatic carbocycles. The molecule has 3 heterocycles. The van der Waals surface area contributed by atoms with Crippen LogP contribution in [0, 0.1) is 0 Å². The predicted octanol–water partition coefficient (Wildman–Crippen LogP) is 3.00. The van der Waals surface area contributed by atoms with E-state index < -0.39 is 18.1 Å². The van der Waals surface area contributed by atoms with E-state index in [9.17, 15) is 14.4 Å². The molecule has 1 fully saturated rings. The second-order valence-electron chi connectivity index (χ2n) is 9.76. The Morgan fingerprint density at radius 3 is 2.61 bits per heavy atom. The lowest BCUT2D eigenvalue weighted by molar-refractivity contribution is -0.129. The number of benzene rings is 3. The van der Waals surface area contributed by atoms with Crippen LogP contribution < -0.4 is 29.6 Å². The van der Waals surface area contributed by atoms with Crippen molar-refractivity contribution in [3.05, 3.63) is 82.4 Å². The number of fused-ring (bicyclic) bond motifs is 7. The molecule has 11 heteroatoms. The number of hydrogen-bond donors (Lipinski definition) is 2.